The monoisotopic (exact) mass is 350 g/mol. The smallest absolute Gasteiger partial charge is 0.307 e. The molecule has 106 valence electrons. The molecule has 0 heterocycles. The van der Waals surface area contributed by atoms with Crippen LogP contribution < -0.4 is 10.5 Å². The Bertz CT molecular complexity index is 560. The molecule has 1 aromatic carbocycles. The Morgan fingerprint density at radius 1 is 1.47 bits per heavy atom. The van der Waals surface area contributed by atoms with E-state index >= 15 is 0 Å². The average Bonchev–Trinajstić information content (AvgIpc) is 2.32. The number of halogens is 1. The third-order valence-electron chi connectivity index (χ3n) is 2.20. The van der Waals surface area contributed by atoms with Gasteiger partial charge in [0.05, 0.1) is 17.9 Å². The van der Waals surface area contributed by atoms with Crippen LogP contribution in [0.3, 0.4) is 0 Å². The zero-order valence-electron chi connectivity index (χ0n) is 10.3. The Kier molecular flexibility index (Phi) is 5.77. The van der Waals surface area contributed by atoms with Gasteiger partial charge in [-0.25, -0.2) is 13.1 Å². The highest BCUT2D eigenvalue weighted by Crippen LogP contribution is 2.22. The molecule has 6 nitrogen and oxygen atoms in total. The first kappa shape index (κ1) is 15.9. The van der Waals surface area contributed by atoms with E-state index in [0.29, 0.717) is 10.2 Å². The van der Waals surface area contributed by atoms with Crippen LogP contribution in [0.4, 0.5) is 5.69 Å². The SMILES string of the molecule is CCOC(=O)CCNS(=O)(=O)c1ccc(Br)c(N)c1. The standard InChI is InChI=1S/C11H15BrN2O4S/c1-2-18-11(15)5-6-14-19(16,17)8-3-4-9(12)10(13)7-8/h3-4,7,14H,2,5-6,13H2,1H3. The number of nitrogens with one attached hydrogen (secondary N) is 1. The third-order valence-corrected chi connectivity index (χ3v) is 4.39. The molecule has 1 aromatic rings. The fourth-order valence-corrected chi connectivity index (χ4v) is 2.61. The second kappa shape index (κ2) is 6.88. The fraction of sp³-hybridized carbons (Fsp3) is 0.364. The summed E-state index contributed by atoms with van der Waals surface area (Å²) in [6, 6.07) is 4.32. The summed E-state index contributed by atoms with van der Waals surface area (Å²) in [5.74, 6) is -0.444. The Labute approximate surface area is 120 Å². The van der Waals surface area contributed by atoms with Gasteiger partial charge in [-0.05, 0) is 41.1 Å². The molecule has 0 radical (unpaired) electrons. The Morgan fingerprint density at radius 2 is 2.16 bits per heavy atom. The summed E-state index contributed by atoms with van der Waals surface area (Å²) in [6.07, 6.45) is -0.0148. The van der Waals surface area contributed by atoms with Crippen LogP contribution in [0.25, 0.3) is 0 Å². The minimum Gasteiger partial charge on any atom is -0.466 e. The maximum absolute atomic E-state index is 11.9. The summed E-state index contributed by atoms with van der Waals surface area (Å²) in [5, 5.41) is 0. The van der Waals surface area contributed by atoms with Crippen molar-refractivity contribution in [2.75, 3.05) is 18.9 Å². The Hall–Kier alpha value is -1.12. The van der Waals surface area contributed by atoms with Crippen molar-refractivity contribution in [3.8, 4) is 0 Å². The number of hydrogen-bond acceptors (Lipinski definition) is 5. The molecule has 0 saturated carbocycles. The second-order valence-electron chi connectivity index (χ2n) is 3.64. The van der Waals surface area contributed by atoms with Crippen molar-refractivity contribution < 1.29 is 17.9 Å². The summed E-state index contributed by atoms with van der Waals surface area (Å²) in [5.41, 5.74) is 5.95. The van der Waals surface area contributed by atoms with E-state index in [4.69, 9.17) is 10.5 Å². The zero-order chi connectivity index (χ0) is 14.5. The van der Waals surface area contributed by atoms with Crippen LogP contribution in [-0.4, -0.2) is 27.5 Å². The highest BCUT2D eigenvalue weighted by molar-refractivity contribution is 9.10. The van der Waals surface area contributed by atoms with E-state index in [2.05, 4.69) is 20.7 Å². The van der Waals surface area contributed by atoms with E-state index in [1.54, 1.807) is 13.0 Å². The van der Waals surface area contributed by atoms with E-state index in [0.717, 1.165) is 0 Å². The van der Waals surface area contributed by atoms with Gasteiger partial charge in [0, 0.05) is 16.7 Å². The maximum Gasteiger partial charge on any atom is 0.307 e. The van der Waals surface area contributed by atoms with Crippen molar-refractivity contribution in [1.29, 1.82) is 0 Å². The highest BCUT2D eigenvalue weighted by Gasteiger charge is 2.15. The summed E-state index contributed by atoms with van der Waals surface area (Å²) < 4.78 is 31.4. The van der Waals surface area contributed by atoms with Crippen molar-refractivity contribution in [3.63, 3.8) is 0 Å². The first-order valence-electron chi connectivity index (χ1n) is 5.57. The molecule has 0 atom stereocenters. The number of hydrogen-bond donors (Lipinski definition) is 2. The van der Waals surface area contributed by atoms with Crippen LogP contribution in [0.5, 0.6) is 0 Å². The molecule has 0 saturated heterocycles. The van der Waals surface area contributed by atoms with Gasteiger partial charge in [0.15, 0.2) is 0 Å². The van der Waals surface area contributed by atoms with Gasteiger partial charge in [0.25, 0.3) is 0 Å². The lowest BCUT2D eigenvalue weighted by atomic mass is 10.3. The van der Waals surface area contributed by atoms with Crippen molar-refractivity contribution in [1.82, 2.24) is 4.72 Å². The maximum atomic E-state index is 11.9. The molecule has 0 unspecified atom stereocenters. The van der Waals surface area contributed by atoms with E-state index in [-0.39, 0.29) is 24.5 Å². The van der Waals surface area contributed by atoms with Gasteiger partial charge in [0.2, 0.25) is 10.0 Å². The first-order valence-corrected chi connectivity index (χ1v) is 7.84. The summed E-state index contributed by atoms with van der Waals surface area (Å²) in [6.45, 7) is 1.94. The van der Waals surface area contributed by atoms with Crippen LogP contribution in [0, 0.1) is 0 Å². The average molecular weight is 351 g/mol. The third kappa shape index (κ3) is 4.81. The number of anilines is 1. The molecule has 0 aliphatic rings. The number of sulfonamides is 1. The van der Waals surface area contributed by atoms with E-state index < -0.39 is 16.0 Å². The van der Waals surface area contributed by atoms with Crippen molar-refractivity contribution in [2.45, 2.75) is 18.2 Å². The Morgan fingerprint density at radius 3 is 2.74 bits per heavy atom. The molecular formula is C11H15BrN2O4S. The normalized spacial score (nSPS) is 11.3. The molecular weight excluding hydrogens is 336 g/mol. The molecule has 1 rings (SSSR count). The van der Waals surface area contributed by atoms with Crippen LogP contribution in [0.15, 0.2) is 27.6 Å². The van der Waals surface area contributed by atoms with Gasteiger partial charge < -0.3 is 10.5 Å². The molecule has 0 bridgehead atoms. The lowest BCUT2D eigenvalue weighted by molar-refractivity contribution is -0.142. The van der Waals surface area contributed by atoms with Gasteiger partial charge in [0.1, 0.15) is 0 Å². The number of rotatable bonds is 6. The fourth-order valence-electron chi connectivity index (χ4n) is 1.29. The predicted molar refractivity (Wildman–Crippen MR) is 75.0 cm³/mol. The van der Waals surface area contributed by atoms with Gasteiger partial charge in [-0.3, -0.25) is 4.79 Å². The lowest BCUT2D eigenvalue weighted by Gasteiger charge is -2.08. The van der Waals surface area contributed by atoms with E-state index in [1.807, 2.05) is 0 Å². The molecule has 19 heavy (non-hydrogen) atoms. The zero-order valence-corrected chi connectivity index (χ0v) is 12.8. The number of benzene rings is 1. The number of carbonyl (C=O) groups excluding carboxylic acids is 1. The summed E-state index contributed by atoms with van der Waals surface area (Å²) >= 11 is 3.18. The summed E-state index contributed by atoms with van der Waals surface area (Å²) in [7, 11) is -3.67. The van der Waals surface area contributed by atoms with Gasteiger partial charge >= 0.3 is 5.97 Å². The molecule has 3 N–H and O–H groups in total. The second-order valence-corrected chi connectivity index (χ2v) is 6.26. The Balaban J connectivity index is 2.66. The van der Waals surface area contributed by atoms with Crippen molar-refractivity contribution in [3.05, 3.63) is 22.7 Å². The van der Waals surface area contributed by atoms with Crippen LogP contribution in [-0.2, 0) is 19.6 Å². The minimum absolute atomic E-state index is 0.0148. The van der Waals surface area contributed by atoms with E-state index in [9.17, 15) is 13.2 Å². The number of nitrogen functional groups attached to an aromatic ring is 1. The summed E-state index contributed by atoms with van der Waals surface area (Å²) in [4.78, 5) is 11.1. The molecule has 0 aliphatic carbocycles. The number of ether oxygens (including phenoxy) is 1. The molecule has 0 amide bonds. The highest BCUT2D eigenvalue weighted by atomic mass is 79.9. The number of carbonyl (C=O) groups is 1. The largest absolute Gasteiger partial charge is 0.466 e. The molecule has 0 spiro atoms. The van der Waals surface area contributed by atoms with E-state index in [1.165, 1.54) is 12.1 Å². The number of esters is 1. The molecule has 0 aliphatic heterocycles. The van der Waals surface area contributed by atoms with Crippen LogP contribution >= 0.6 is 15.9 Å². The van der Waals surface area contributed by atoms with Crippen LogP contribution in [0.1, 0.15) is 13.3 Å². The predicted octanol–water partition coefficient (Wildman–Crippen LogP) is 1.26. The quantitative estimate of drug-likeness (QED) is 0.594. The van der Waals surface area contributed by atoms with Gasteiger partial charge in [-0.15, -0.1) is 0 Å². The van der Waals surface area contributed by atoms with Crippen molar-refractivity contribution >= 4 is 37.6 Å². The minimum atomic E-state index is -3.67. The lowest BCUT2D eigenvalue weighted by Crippen LogP contribution is -2.26. The van der Waals surface area contributed by atoms with Crippen LogP contribution in [0.2, 0.25) is 0 Å². The number of nitrogens with two attached hydrogens (primary N) is 1. The molecule has 0 aromatic heterocycles. The van der Waals surface area contributed by atoms with Gasteiger partial charge in [-0.1, -0.05) is 0 Å². The van der Waals surface area contributed by atoms with Gasteiger partial charge in [-0.2, -0.15) is 0 Å². The van der Waals surface area contributed by atoms with Crippen molar-refractivity contribution in [2.24, 2.45) is 0 Å². The molecule has 0 fully saturated rings. The molecule has 8 heteroatoms. The first-order chi connectivity index (χ1) is 8.86. The topological polar surface area (TPSA) is 98.5 Å².